The van der Waals surface area contributed by atoms with Crippen LogP contribution in [0.2, 0.25) is 0 Å². The molecule has 0 aromatic carbocycles. The highest BCUT2D eigenvalue weighted by molar-refractivity contribution is 4.67. The monoisotopic (exact) mass is 304 g/mol. The molecule has 0 heterocycles. The molecule has 0 aromatic rings. The fourth-order valence-corrected chi connectivity index (χ4v) is 2.04. The molecule has 4 heteroatoms. The summed E-state index contributed by atoms with van der Waals surface area (Å²) in [6, 6.07) is 0. The van der Waals surface area contributed by atoms with E-state index in [0.29, 0.717) is 26.4 Å². The van der Waals surface area contributed by atoms with Gasteiger partial charge in [-0.1, -0.05) is 34.6 Å². The van der Waals surface area contributed by atoms with E-state index in [-0.39, 0.29) is 18.5 Å². The first kappa shape index (κ1) is 20.8. The van der Waals surface area contributed by atoms with Crippen molar-refractivity contribution in [1.29, 1.82) is 0 Å². The lowest BCUT2D eigenvalue weighted by Crippen LogP contribution is -2.39. The minimum absolute atomic E-state index is 0.112. The molecule has 0 amide bonds. The molecule has 0 aliphatic carbocycles. The average Bonchev–Trinajstić information content (AvgIpc) is 2.51. The molecule has 0 aromatic heterocycles. The first-order chi connectivity index (χ1) is 10.2. The van der Waals surface area contributed by atoms with Gasteiger partial charge in [-0.3, -0.25) is 0 Å². The van der Waals surface area contributed by atoms with Crippen LogP contribution in [0.3, 0.4) is 0 Å². The van der Waals surface area contributed by atoms with Crippen LogP contribution in [0.4, 0.5) is 0 Å². The summed E-state index contributed by atoms with van der Waals surface area (Å²) in [7, 11) is 0. The van der Waals surface area contributed by atoms with Crippen LogP contribution in [0, 0.1) is 5.92 Å². The van der Waals surface area contributed by atoms with E-state index in [4.69, 9.17) is 18.9 Å². The molecule has 0 bridgehead atoms. The molecule has 0 radical (unpaired) electrons. The Morgan fingerprint density at radius 2 is 0.810 bits per heavy atom. The number of ether oxygens (including phenoxy) is 4. The van der Waals surface area contributed by atoms with Gasteiger partial charge in [-0.05, 0) is 32.1 Å². The second kappa shape index (κ2) is 14.8. The van der Waals surface area contributed by atoms with Gasteiger partial charge < -0.3 is 18.9 Å². The Morgan fingerprint density at radius 1 is 0.524 bits per heavy atom. The summed E-state index contributed by atoms with van der Waals surface area (Å²) in [6.45, 7) is 13.4. The highest BCUT2D eigenvalue weighted by atomic mass is 16.7. The van der Waals surface area contributed by atoms with Crippen LogP contribution >= 0.6 is 0 Å². The van der Waals surface area contributed by atoms with E-state index in [0.717, 1.165) is 32.1 Å². The van der Waals surface area contributed by atoms with Crippen LogP contribution in [-0.2, 0) is 18.9 Å². The van der Waals surface area contributed by atoms with E-state index in [1.165, 1.54) is 0 Å². The lowest BCUT2D eigenvalue weighted by Gasteiger charge is -2.32. The predicted molar refractivity (Wildman–Crippen MR) is 86.3 cm³/mol. The molecule has 0 spiro atoms. The van der Waals surface area contributed by atoms with Crippen LogP contribution in [-0.4, -0.2) is 39.0 Å². The van der Waals surface area contributed by atoms with Gasteiger partial charge in [-0.15, -0.1) is 0 Å². The maximum Gasteiger partial charge on any atom is 0.165 e. The molecule has 0 aliphatic heterocycles. The Morgan fingerprint density at radius 3 is 1.00 bits per heavy atom. The van der Waals surface area contributed by atoms with E-state index >= 15 is 0 Å². The second-order valence-electron chi connectivity index (χ2n) is 5.29. The summed E-state index contributed by atoms with van der Waals surface area (Å²) in [5, 5.41) is 0. The Bertz CT molecular complexity index is 175. The summed E-state index contributed by atoms with van der Waals surface area (Å²) >= 11 is 0. The first-order valence-electron chi connectivity index (χ1n) is 8.71. The zero-order valence-corrected chi connectivity index (χ0v) is 14.7. The van der Waals surface area contributed by atoms with Gasteiger partial charge in [0.25, 0.3) is 0 Å². The van der Waals surface area contributed by atoms with Crippen molar-refractivity contribution in [2.75, 3.05) is 26.4 Å². The number of rotatable bonds is 15. The van der Waals surface area contributed by atoms with E-state index < -0.39 is 0 Å². The molecule has 0 atom stereocenters. The number of hydrogen-bond donors (Lipinski definition) is 0. The van der Waals surface area contributed by atoms with Crippen LogP contribution in [0.1, 0.15) is 66.7 Å². The standard InChI is InChI=1S/C17H36O4/c1-6-11-18-16(19-12-7-2)15(10-5)17(20-13-8-3)21-14-9-4/h15-17H,6-14H2,1-5H3. The van der Waals surface area contributed by atoms with Crippen molar-refractivity contribution in [3.05, 3.63) is 0 Å². The summed E-state index contributed by atoms with van der Waals surface area (Å²) in [5.74, 6) is 0.112. The average molecular weight is 304 g/mol. The lowest BCUT2D eigenvalue weighted by molar-refractivity contribution is -0.251. The van der Waals surface area contributed by atoms with Gasteiger partial charge in [0.05, 0.1) is 5.92 Å². The van der Waals surface area contributed by atoms with E-state index in [1.54, 1.807) is 0 Å². The fourth-order valence-electron chi connectivity index (χ4n) is 2.04. The SMILES string of the molecule is CCCOC(OCCC)C(CC)C(OCCC)OCCC. The Balaban J connectivity index is 4.73. The Kier molecular flexibility index (Phi) is 14.7. The summed E-state index contributed by atoms with van der Waals surface area (Å²) in [6.07, 6.45) is 4.37. The zero-order chi connectivity index (χ0) is 15.9. The van der Waals surface area contributed by atoms with Crippen molar-refractivity contribution in [2.24, 2.45) is 5.92 Å². The van der Waals surface area contributed by atoms with Crippen molar-refractivity contribution in [1.82, 2.24) is 0 Å². The van der Waals surface area contributed by atoms with Crippen molar-refractivity contribution >= 4 is 0 Å². The van der Waals surface area contributed by atoms with Gasteiger partial charge in [0.2, 0.25) is 0 Å². The molecule has 0 rings (SSSR count). The molecule has 128 valence electrons. The number of hydrogen-bond acceptors (Lipinski definition) is 4. The molecular formula is C17H36O4. The van der Waals surface area contributed by atoms with Gasteiger partial charge in [0.15, 0.2) is 12.6 Å². The molecule has 21 heavy (non-hydrogen) atoms. The largest absolute Gasteiger partial charge is 0.352 e. The molecule has 0 aliphatic rings. The smallest absolute Gasteiger partial charge is 0.165 e. The molecule has 0 saturated carbocycles. The van der Waals surface area contributed by atoms with Gasteiger partial charge in [-0.2, -0.15) is 0 Å². The topological polar surface area (TPSA) is 36.9 Å². The van der Waals surface area contributed by atoms with Crippen LogP contribution in [0.25, 0.3) is 0 Å². The van der Waals surface area contributed by atoms with E-state index in [9.17, 15) is 0 Å². The zero-order valence-electron chi connectivity index (χ0n) is 14.7. The third kappa shape index (κ3) is 9.46. The van der Waals surface area contributed by atoms with Crippen molar-refractivity contribution in [3.8, 4) is 0 Å². The maximum atomic E-state index is 5.91. The Hall–Kier alpha value is -0.160. The molecule has 0 unspecified atom stereocenters. The molecule has 0 saturated heterocycles. The highest BCUT2D eigenvalue weighted by Crippen LogP contribution is 2.23. The third-order valence-corrected chi connectivity index (χ3v) is 3.12. The second-order valence-corrected chi connectivity index (χ2v) is 5.29. The van der Waals surface area contributed by atoms with Crippen LogP contribution in [0.15, 0.2) is 0 Å². The van der Waals surface area contributed by atoms with Crippen molar-refractivity contribution < 1.29 is 18.9 Å². The Labute approximate surface area is 131 Å². The van der Waals surface area contributed by atoms with E-state index in [1.807, 2.05) is 0 Å². The minimum Gasteiger partial charge on any atom is -0.352 e. The summed E-state index contributed by atoms with van der Waals surface area (Å²) in [4.78, 5) is 0. The molecular weight excluding hydrogens is 268 g/mol. The van der Waals surface area contributed by atoms with E-state index in [2.05, 4.69) is 34.6 Å². The van der Waals surface area contributed by atoms with Gasteiger partial charge in [0.1, 0.15) is 0 Å². The quantitative estimate of drug-likeness (QED) is 0.421. The molecule has 0 fully saturated rings. The summed E-state index contributed by atoms with van der Waals surface area (Å²) < 4.78 is 23.6. The van der Waals surface area contributed by atoms with Crippen molar-refractivity contribution in [3.63, 3.8) is 0 Å². The minimum atomic E-state index is -0.242. The van der Waals surface area contributed by atoms with Gasteiger partial charge >= 0.3 is 0 Å². The molecule has 4 nitrogen and oxygen atoms in total. The lowest BCUT2D eigenvalue weighted by atomic mass is 10.1. The van der Waals surface area contributed by atoms with Gasteiger partial charge in [0, 0.05) is 26.4 Å². The summed E-state index contributed by atoms with van der Waals surface area (Å²) in [5.41, 5.74) is 0. The normalized spacial score (nSPS) is 12.0. The maximum absolute atomic E-state index is 5.91. The van der Waals surface area contributed by atoms with Crippen LogP contribution in [0.5, 0.6) is 0 Å². The predicted octanol–water partition coefficient (Wildman–Crippen LogP) is 4.37. The fraction of sp³-hybridized carbons (Fsp3) is 1.00. The highest BCUT2D eigenvalue weighted by Gasteiger charge is 2.31. The third-order valence-electron chi connectivity index (χ3n) is 3.12. The van der Waals surface area contributed by atoms with Crippen LogP contribution < -0.4 is 0 Å². The molecule has 0 N–H and O–H groups in total. The first-order valence-corrected chi connectivity index (χ1v) is 8.71. The van der Waals surface area contributed by atoms with Gasteiger partial charge in [-0.25, -0.2) is 0 Å². The van der Waals surface area contributed by atoms with Crippen molar-refractivity contribution in [2.45, 2.75) is 79.3 Å².